The van der Waals surface area contributed by atoms with Crippen LogP contribution in [0, 0.1) is 5.82 Å². The van der Waals surface area contributed by atoms with Gasteiger partial charge in [-0.3, -0.25) is 19.5 Å². The molecule has 1 N–H and O–H groups in total. The minimum atomic E-state index is -0.278. The lowest BCUT2D eigenvalue weighted by atomic mass is 10.1. The van der Waals surface area contributed by atoms with E-state index in [0.29, 0.717) is 30.9 Å². The van der Waals surface area contributed by atoms with Crippen molar-refractivity contribution in [1.29, 1.82) is 0 Å². The molecule has 1 aliphatic rings. The highest BCUT2D eigenvalue weighted by Gasteiger charge is 2.25. The van der Waals surface area contributed by atoms with Crippen LogP contribution < -0.4 is 0 Å². The van der Waals surface area contributed by atoms with Gasteiger partial charge in [0.25, 0.3) is 5.91 Å². The van der Waals surface area contributed by atoms with Crippen molar-refractivity contribution in [2.75, 3.05) is 26.2 Å². The fourth-order valence-corrected chi connectivity index (χ4v) is 3.34. The van der Waals surface area contributed by atoms with Crippen LogP contribution in [0.15, 0.2) is 36.8 Å². The molecule has 140 valence electrons. The maximum atomic E-state index is 14.2. The average molecular weight is 369 g/mol. The predicted octanol–water partition coefficient (Wildman–Crippen LogP) is 1.30. The Morgan fingerprint density at radius 1 is 1.22 bits per heavy atom. The Hall–Kier alpha value is -3.07. The fourth-order valence-electron chi connectivity index (χ4n) is 3.34. The molecule has 0 unspecified atom stereocenters. The van der Waals surface area contributed by atoms with Gasteiger partial charge in [0.05, 0.1) is 5.69 Å². The molecule has 1 aromatic carbocycles. The molecule has 8 nitrogen and oxygen atoms in total. The van der Waals surface area contributed by atoms with Crippen molar-refractivity contribution in [1.82, 2.24) is 34.8 Å². The number of amides is 1. The van der Waals surface area contributed by atoms with Crippen LogP contribution in [0.5, 0.6) is 0 Å². The smallest absolute Gasteiger partial charge is 0.291 e. The molecule has 27 heavy (non-hydrogen) atoms. The van der Waals surface area contributed by atoms with E-state index < -0.39 is 0 Å². The summed E-state index contributed by atoms with van der Waals surface area (Å²) in [6, 6.07) is 6.67. The second-order valence-corrected chi connectivity index (χ2v) is 6.56. The van der Waals surface area contributed by atoms with Crippen LogP contribution in [0.2, 0.25) is 0 Å². The number of carbonyl (C=O) groups excluding carboxylic acids is 1. The van der Waals surface area contributed by atoms with Crippen LogP contribution in [-0.2, 0) is 13.6 Å². The second kappa shape index (κ2) is 7.28. The first-order chi connectivity index (χ1) is 13.1. The zero-order valence-electron chi connectivity index (χ0n) is 15.0. The average Bonchev–Trinajstić information content (AvgIpc) is 3.32. The van der Waals surface area contributed by atoms with Gasteiger partial charge in [0.1, 0.15) is 12.1 Å². The molecule has 0 bridgehead atoms. The molecule has 0 atom stereocenters. The van der Waals surface area contributed by atoms with Crippen molar-refractivity contribution >= 4 is 5.91 Å². The number of aromatic nitrogens is 5. The second-order valence-electron chi connectivity index (χ2n) is 6.56. The van der Waals surface area contributed by atoms with Gasteiger partial charge in [-0.1, -0.05) is 12.1 Å². The number of benzene rings is 1. The van der Waals surface area contributed by atoms with Gasteiger partial charge < -0.3 is 4.90 Å². The van der Waals surface area contributed by atoms with E-state index in [4.69, 9.17) is 0 Å². The Kier molecular flexibility index (Phi) is 4.68. The molecule has 1 aliphatic heterocycles. The lowest BCUT2D eigenvalue weighted by Crippen LogP contribution is -2.48. The Morgan fingerprint density at radius 3 is 2.70 bits per heavy atom. The molecule has 0 radical (unpaired) electrons. The first-order valence-corrected chi connectivity index (χ1v) is 8.76. The third kappa shape index (κ3) is 3.59. The summed E-state index contributed by atoms with van der Waals surface area (Å²) in [5, 5.41) is 10.8. The van der Waals surface area contributed by atoms with Crippen molar-refractivity contribution < 1.29 is 9.18 Å². The van der Waals surface area contributed by atoms with Gasteiger partial charge in [-0.15, -0.1) is 0 Å². The van der Waals surface area contributed by atoms with Crippen molar-refractivity contribution in [2.45, 2.75) is 6.54 Å². The molecule has 0 saturated carbocycles. The number of hydrogen-bond donors (Lipinski definition) is 1. The van der Waals surface area contributed by atoms with Crippen LogP contribution >= 0.6 is 0 Å². The molecule has 3 aromatic rings. The molecule has 4 rings (SSSR count). The third-order valence-electron chi connectivity index (χ3n) is 4.70. The number of aryl methyl sites for hydroxylation is 1. The van der Waals surface area contributed by atoms with E-state index >= 15 is 0 Å². The van der Waals surface area contributed by atoms with Crippen LogP contribution in [0.3, 0.4) is 0 Å². The SMILES string of the molecule is Cn1cc(CN2CCN(C(=O)c3ncn[nH]3)CC2)c(-c2ccccc2F)n1. The molecular weight excluding hydrogens is 349 g/mol. The van der Waals surface area contributed by atoms with Gasteiger partial charge in [0.15, 0.2) is 0 Å². The third-order valence-corrected chi connectivity index (χ3v) is 4.70. The molecular formula is C18H20FN7O. The van der Waals surface area contributed by atoms with E-state index in [1.54, 1.807) is 21.7 Å². The topological polar surface area (TPSA) is 82.9 Å². The van der Waals surface area contributed by atoms with Crippen LogP contribution in [0.4, 0.5) is 4.39 Å². The number of nitrogens with one attached hydrogen (secondary N) is 1. The van der Waals surface area contributed by atoms with E-state index in [1.807, 2.05) is 19.3 Å². The molecule has 1 saturated heterocycles. The molecule has 0 spiro atoms. The number of halogens is 1. The highest BCUT2D eigenvalue weighted by atomic mass is 19.1. The van der Waals surface area contributed by atoms with Gasteiger partial charge in [0, 0.05) is 57.1 Å². The van der Waals surface area contributed by atoms with Gasteiger partial charge in [-0.2, -0.15) is 10.2 Å². The number of carbonyl (C=O) groups is 1. The highest BCUT2D eigenvalue weighted by molar-refractivity contribution is 5.90. The number of H-pyrrole nitrogens is 1. The van der Waals surface area contributed by atoms with E-state index in [1.165, 1.54) is 12.4 Å². The van der Waals surface area contributed by atoms with Crippen LogP contribution in [0.1, 0.15) is 16.2 Å². The summed E-state index contributed by atoms with van der Waals surface area (Å²) in [5.74, 6) is -0.155. The number of nitrogens with zero attached hydrogens (tertiary/aromatic N) is 6. The first-order valence-electron chi connectivity index (χ1n) is 8.76. The van der Waals surface area contributed by atoms with Crippen LogP contribution in [-0.4, -0.2) is 66.8 Å². The van der Waals surface area contributed by atoms with Gasteiger partial charge >= 0.3 is 0 Å². The monoisotopic (exact) mass is 369 g/mol. The van der Waals surface area contributed by atoms with Crippen molar-refractivity contribution in [3.8, 4) is 11.3 Å². The summed E-state index contributed by atoms with van der Waals surface area (Å²) < 4.78 is 15.9. The number of hydrogen-bond acceptors (Lipinski definition) is 5. The summed E-state index contributed by atoms with van der Waals surface area (Å²) in [6.07, 6.45) is 3.25. The summed E-state index contributed by atoms with van der Waals surface area (Å²) in [5.41, 5.74) is 2.14. The standard InChI is InChI=1S/C18H20FN7O/c1-24-10-13(16(23-24)14-4-2-3-5-15(14)19)11-25-6-8-26(9-7-25)18(27)17-20-12-21-22-17/h2-5,10,12H,6-9,11H2,1H3,(H,20,21,22). The van der Waals surface area contributed by atoms with Crippen molar-refractivity contribution in [3.05, 3.63) is 54.0 Å². The normalized spacial score (nSPS) is 15.3. The highest BCUT2D eigenvalue weighted by Crippen LogP contribution is 2.26. The van der Waals surface area contributed by atoms with E-state index in [2.05, 4.69) is 25.2 Å². The molecule has 1 amide bonds. The Bertz CT molecular complexity index is 929. The lowest BCUT2D eigenvalue weighted by Gasteiger charge is -2.34. The van der Waals surface area contributed by atoms with E-state index in [-0.39, 0.29) is 17.5 Å². The van der Waals surface area contributed by atoms with Gasteiger partial charge in [-0.25, -0.2) is 9.37 Å². The minimum Gasteiger partial charge on any atom is -0.333 e. The zero-order valence-corrected chi connectivity index (χ0v) is 15.0. The number of aromatic amines is 1. The van der Waals surface area contributed by atoms with Crippen LogP contribution in [0.25, 0.3) is 11.3 Å². The summed E-state index contributed by atoms with van der Waals surface area (Å²) in [7, 11) is 1.84. The van der Waals surface area contributed by atoms with Crippen molar-refractivity contribution in [3.63, 3.8) is 0 Å². The number of rotatable bonds is 4. The molecule has 0 aliphatic carbocycles. The Balaban J connectivity index is 1.44. The molecule has 9 heteroatoms. The fraction of sp³-hybridized carbons (Fsp3) is 0.333. The maximum absolute atomic E-state index is 14.2. The molecule has 2 aromatic heterocycles. The quantitative estimate of drug-likeness (QED) is 0.750. The minimum absolute atomic E-state index is 0.138. The molecule has 1 fully saturated rings. The first kappa shape index (κ1) is 17.3. The largest absolute Gasteiger partial charge is 0.333 e. The predicted molar refractivity (Wildman–Crippen MR) is 96.2 cm³/mol. The van der Waals surface area contributed by atoms with Gasteiger partial charge in [0.2, 0.25) is 5.82 Å². The van der Waals surface area contributed by atoms with E-state index in [9.17, 15) is 9.18 Å². The summed E-state index contributed by atoms with van der Waals surface area (Å²) >= 11 is 0. The summed E-state index contributed by atoms with van der Waals surface area (Å²) in [6.45, 7) is 3.32. The van der Waals surface area contributed by atoms with Crippen molar-refractivity contribution in [2.24, 2.45) is 7.05 Å². The van der Waals surface area contributed by atoms with Gasteiger partial charge in [-0.05, 0) is 12.1 Å². The Morgan fingerprint density at radius 2 is 2.00 bits per heavy atom. The number of piperazine rings is 1. The zero-order chi connectivity index (χ0) is 18.8. The molecule has 3 heterocycles. The van der Waals surface area contributed by atoms with E-state index in [0.717, 1.165) is 18.7 Å². The lowest BCUT2D eigenvalue weighted by molar-refractivity contribution is 0.0617. The Labute approximate surface area is 155 Å². The summed E-state index contributed by atoms with van der Waals surface area (Å²) in [4.78, 5) is 20.2. The maximum Gasteiger partial charge on any atom is 0.291 e.